The van der Waals surface area contributed by atoms with Crippen LogP contribution in [0.2, 0.25) is 0 Å². The Balaban J connectivity index is 2.05. The van der Waals surface area contributed by atoms with Crippen LogP contribution in [0, 0.1) is 11.8 Å². The lowest BCUT2D eigenvalue weighted by Gasteiger charge is -2.28. The van der Waals surface area contributed by atoms with Crippen molar-refractivity contribution in [2.45, 2.75) is 25.0 Å². The SMILES string of the molecule is OCC1CC(O)C2CC1CO2. The third kappa shape index (κ3) is 1.17. The van der Waals surface area contributed by atoms with Gasteiger partial charge in [-0.1, -0.05) is 0 Å². The maximum absolute atomic E-state index is 9.46. The summed E-state index contributed by atoms with van der Waals surface area (Å²) in [6, 6.07) is 0. The highest BCUT2D eigenvalue weighted by atomic mass is 16.5. The van der Waals surface area contributed by atoms with Gasteiger partial charge in [0.25, 0.3) is 0 Å². The van der Waals surface area contributed by atoms with Crippen LogP contribution in [0.1, 0.15) is 12.8 Å². The minimum atomic E-state index is -0.342. The lowest BCUT2D eigenvalue weighted by Crippen LogP contribution is -2.35. The second kappa shape index (κ2) is 2.73. The Morgan fingerprint density at radius 1 is 1.36 bits per heavy atom. The molecule has 2 fully saturated rings. The number of hydrogen-bond donors (Lipinski definition) is 2. The first kappa shape index (κ1) is 7.53. The predicted molar refractivity (Wildman–Crippen MR) is 39.0 cm³/mol. The second-order valence-electron chi connectivity index (χ2n) is 3.61. The summed E-state index contributed by atoms with van der Waals surface area (Å²) in [6.07, 6.45) is 1.37. The van der Waals surface area contributed by atoms with E-state index in [2.05, 4.69) is 0 Å². The fraction of sp³-hybridized carbons (Fsp3) is 1.00. The maximum atomic E-state index is 9.46. The van der Waals surface area contributed by atoms with Crippen LogP contribution >= 0.6 is 0 Å². The fourth-order valence-corrected chi connectivity index (χ4v) is 2.16. The van der Waals surface area contributed by atoms with Crippen LogP contribution < -0.4 is 0 Å². The van der Waals surface area contributed by atoms with Gasteiger partial charge >= 0.3 is 0 Å². The summed E-state index contributed by atoms with van der Waals surface area (Å²) in [5.41, 5.74) is 0. The molecule has 1 heterocycles. The van der Waals surface area contributed by atoms with E-state index in [4.69, 9.17) is 9.84 Å². The number of rotatable bonds is 1. The number of fused-ring (bicyclic) bond motifs is 2. The van der Waals surface area contributed by atoms with Gasteiger partial charge in [-0.2, -0.15) is 0 Å². The largest absolute Gasteiger partial charge is 0.396 e. The molecule has 1 saturated heterocycles. The Labute approximate surface area is 66.0 Å². The topological polar surface area (TPSA) is 49.7 Å². The molecule has 1 aliphatic carbocycles. The molecule has 0 aromatic heterocycles. The van der Waals surface area contributed by atoms with E-state index in [1.54, 1.807) is 0 Å². The zero-order valence-corrected chi connectivity index (χ0v) is 6.44. The van der Waals surface area contributed by atoms with E-state index >= 15 is 0 Å². The first-order valence-corrected chi connectivity index (χ1v) is 4.21. The minimum absolute atomic E-state index is 0.0581. The molecular formula is C8H14O3. The van der Waals surface area contributed by atoms with E-state index in [0.29, 0.717) is 12.3 Å². The van der Waals surface area contributed by atoms with Crippen molar-refractivity contribution in [1.82, 2.24) is 0 Å². The molecule has 2 rings (SSSR count). The molecule has 1 saturated carbocycles. The van der Waals surface area contributed by atoms with Gasteiger partial charge in [0.15, 0.2) is 0 Å². The van der Waals surface area contributed by atoms with Crippen molar-refractivity contribution in [3.63, 3.8) is 0 Å². The Morgan fingerprint density at radius 2 is 2.18 bits per heavy atom. The van der Waals surface area contributed by atoms with Crippen LogP contribution in [-0.4, -0.2) is 35.6 Å². The summed E-state index contributed by atoms with van der Waals surface area (Å²) >= 11 is 0. The molecule has 11 heavy (non-hydrogen) atoms. The van der Waals surface area contributed by atoms with Crippen LogP contribution in [-0.2, 0) is 4.74 Å². The van der Waals surface area contributed by atoms with Gasteiger partial charge in [0.1, 0.15) is 0 Å². The van der Waals surface area contributed by atoms with Crippen molar-refractivity contribution in [1.29, 1.82) is 0 Å². The van der Waals surface area contributed by atoms with Crippen molar-refractivity contribution in [3.8, 4) is 0 Å². The third-order valence-electron chi connectivity index (χ3n) is 2.93. The smallest absolute Gasteiger partial charge is 0.0837 e. The Kier molecular flexibility index (Phi) is 1.87. The third-order valence-corrected chi connectivity index (χ3v) is 2.93. The summed E-state index contributed by atoms with van der Waals surface area (Å²) < 4.78 is 5.36. The van der Waals surface area contributed by atoms with Gasteiger partial charge in [0.2, 0.25) is 0 Å². The fourth-order valence-electron chi connectivity index (χ4n) is 2.16. The number of aliphatic hydroxyl groups excluding tert-OH is 2. The number of hydrogen-bond acceptors (Lipinski definition) is 3. The molecule has 3 heteroatoms. The van der Waals surface area contributed by atoms with Gasteiger partial charge < -0.3 is 14.9 Å². The molecule has 0 aromatic carbocycles. The van der Waals surface area contributed by atoms with Crippen molar-refractivity contribution >= 4 is 0 Å². The van der Waals surface area contributed by atoms with Crippen LogP contribution in [0.4, 0.5) is 0 Å². The maximum Gasteiger partial charge on any atom is 0.0837 e. The highest BCUT2D eigenvalue weighted by Crippen LogP contribution is 2.37. The van der Waals surface area contributed by atoms with Gasteiger partial charge in [0.05, 0.1) is 18.8 Å². The molecule has 0 aromatic rings. The second-order valence-corrected chi connectivity index (χ2v) is 3.61. The van der Waals surface area contributed by atoms with E-state index in [1.165, 1.54) is 0 Å². The molecule has 4 unspecified atom stereocenters. The van der Waals surface area contributed by atoms with Gasteiger partial charge in [-0.25, -0.2) is 0 Å². The van der Waals surface area contributed by atoms with Gasteiger partial charge in [-0.05, 0) is 24.7 Å². The van der Waals surface area contributed by atoms with E-state index in [-0.39, 0.29) is 24.7 Å². The first-order chi connectivity index (χ1) is 5.31. The van der Waals surface area contributed by atoms with Crippen molar-refractivity contribution in [2.24, 2.45) is 11.8 Å². The zero-order valence-electron chi connectivity index (χ0n) is 6.44. The van der Waals surface area contributed by atoms with Crippen LogP contribution in [0.3, 0.4) is 0 Å². The predicted octanol–water partition coefficient (Wildman–Crippen LogP) is -0.235. The standard InChI is InChI=1S/C8H14O3/c9-3-5-1-7(10)8-2-6(5)4-11-8/h5-10H,1-4H2. The summed E-state index contributed by atoms with van der Waals surface area (Å²) in [6.45, 7) is 0.921. The molecule has 0 radical (unpaired) electrons. The van der Waals surface area contributed by atoms with Crippen molar-refractivity contribution in [3.05, 3.63) is 0 Å². The average molecular weight is 158 g/mol. The van der Waals surface area contributed by atoms with E-state index in [0.717, 1.165) is 13.0 Å². The first-order valence-electron chi connectivity index (χ1n) is 4.21. The van der Waals surface area contributed by atoms with E-state index in [1.807, 2.05) is 0 Å². The molecule has 0 spiro atoms. The van der Waals surface area contributed by atoms with Crippen molar-refractivity contribution in [2.75, 3.05) is 13.2 Å². The van der Waals surface area contributed by atoms with Crippen molar-refractivity contribution < 1.29 is 14.9 Å². The lowest BCUT2D eigenvalue weighted by molar-refractivity contribution is -0.0148. The number of aliphatic hydroxyl groups is 2. The molecule has 3 nitrogen and oxygen atoms in total. The summed E-state index contributed by atoms with van der Waals surface area (Å²) in [5, 5.41) is 18.4. The molecule has 2 N–H and O–H groups in total. The summed E-state index contributed by atoms with van der Waals surface area (Å²) in [5.74, 6) is 0.761. The van der Waals surface area contributed by atoms with Crippen LogP contribution in [0.5, 0.6) is 0 Å². The monoisotopic (exact) mass is 158 g/mol. The van der Waals surface area contributed by atoms with Gasteiger partial charge in [-0.3, -0.25) is 0 Å². The molecule has 1 aliphatic heterocycles. The van der Waals surface area contributed by atoms with Crippen LogP contribution in [0.15, 0.2) is 0 Å². The number of ether oxygens (including phenoxy) is 1. The lowest BCUT2D eigenvalue weighted by atomic mass is 9.79. The average Bonchev–Trinajstić information content (AvgIpc) is 2.43. The van der Waals surface area contributed by atoms with Crippen LogP contribution in [0.25, 0.3) is 0 Å². The quantitative estimate of drug-likeness (QED) is 0.554. The molecule has 2 aliphatic rings. The summed E-state index contributed by atoms with van der Waals surface area (Å²) in [7, 11) is 0. The molecule has 64 valence electrons. The van der Waals surface area contributed by atoms with Gasteiger partial charge in [-0.15, -0.1) is 0 Å². The highest BCUT2D eigenvalue weighted by molar-refractivity contribution is 4.90. The van der Waals surface area contributed by atoms with E-state index in [9.17, 15) is 5.11 Å². The van der Waals surface area contributed by atoms with Gasteiger partial charge in [0, 0.05) is 6.61 Å². The molecule has 4 atom stereocenters. The van der Waals surface area contributed by atoms with E-state index < -0.39 is 0 Å². The normalized spacial score (nSPS) is 49.6. The Morgan fingerprint density at radius 3 is 2.91 bits per heavy atom. The Hall–Kier alpha value is -0.120. The highest BCUT2D eigenvalue weighted by Gasteiger charge is 2.41. The minimum Gasteiger partial charge on any atom is -0.396 e. The zero-order chi connectivity index (χ0) is 7.84. The molecule has 2 bridgehead atoms. The molecular weight excluding hydrogens is 144 g/mol. The summed E-state index contributed by atoms with van der Waals surface area (Å²) in [4.78, 5) is 0. The molecule has 0 amide bonds. The Bertz CT molecular complexity index is 148.